The van der Waals surface area contributed by atoms with Gasteiger partial charge in [0, 0.05) is 32.2 Å². The molecule has 0 N–H and O–H groups in total. The molecular weight excluding hydrogens is 548 g/mol. The zero-order valence-corrected chi connectivity index (χ0v) is 27.1. The number of hydrogen-bond acceptors (Lipinski definition) is 5. The van der Waals surface area contributed by atoms with Crippen LogP contribution >= 0.6 is 0 Å². The predicted molar refractivity (Wildman–Crippen MR) is 178 cm³/mol. The van der Waals surface area contributed by atoms with Crippen LogP contribution in [-0.2, 0) is 11.2 Å². The molecule has 1 saturated heterocycles. The summed E-state index contributed by atoms with van der Waals surface area (Å²) in [5.74, 6) is 1.83. The number of fused-ring (bicyclic) bond motifs is 1. The van der Waals surface area contributed by atoms with Crippen LogP contribution in [0.15, 0.2) is 72.8 Å². The highest BCUT2D eigenvalue weighted by atomic mass is 16.6. The first-order valence-electron chi connectivity index (χ1n) is 16.2. The number of rotatable bonds is 10. The molecule has 0 bridgehead atoms. The minimum absolute atomic E-state index is 0.229. The highest BCUT2D eigenvalue weighted by Gasteiger charge is 2.28. The Kier molecular flexibility index (Phi) is 10.3. The van der Waals surface area contributed by atoms with Crippen molar-refractivity contribution in [3.8, 4) is 11.5 Å². The Morgan fingerprint density at radius 2 is 1.55 bits per heavy atom. The summed E-state index contributed by atoms with van der Waals surface area (Å²) < 4.78 is 17.9. The number of aryl methyl sites for hydroxylation is 1. The van der Waals surface area contributed by atoms with Crippen molar-refractivity contribution in [1.82, 2.24) is 9.80 Å². The third-order valence-electron chi connectivity index (χ3n) is 8.40. The largest absolute Gasteiger partial charge is 0.494 e. The predicted octanol–water partition coefficient (Wildman–Crippen LogP) is 8.09. The zero-order valence-electron chi connectivity index (χ0n) is 27.1. The summed E-state index contributed by atoms with van der Waals surface area (Å²) in [5.41, 5.74) is 7.30. The molecule has 0 spiro atoms. The van der Waals surface area contributed by atoms with Gasteiger partial charge in [-0.05, 0) is 105 Å². The molecule has 0 aromatic heterocycles. The average molecular weight is 597 g/mol. The fourth-order valence-electron chi connectivity index (χ4n) is 5.96. The molecule has 3 aromatic rings. The molecule has 0 saturated carbocycles. The monoisotopic (exact) mass is 596 g/mol. The summed E-state index contributed by atoms with van der Waals surface area (Å²) in [6.07, 6.45) is 3.95. The Morgan fingerprint density at radius 1 is 0.841 bits per heavy atom. The molecule has 1 fully saturated rings. The Morgan fingerprint density at radius 3 is 2.23 bits per heavy atom. The van der Waals surface area contributed by atoms with Crippen molar-refractivity contribution < 1.29 is 19.0 Å². The van der Waals surface area contributed by atoms with Crippen LogP contribution in [-0.4, -0.2) is 66.9 Å². The normalized spacial score (nSPS) is 16.3. The van der Waals surface area contributed by atoms with Crippen LogP contribution in [0.5, 0.6) is 11.5 Å². The molecule has 3 aromatic carbocycles. The Balaban J connectivity index is 1.26. The molecule has 1 heterocycles. The lowest BCUT2D eigenvalue weighted by atomic mass is 9.79. The van der Waals surface area contributed by atoms with Crippen molar-refractivity contribution in [2.24, 2.45) is 0 Å². The number of benzene rings is 3. The SMILES string of the molecule is CCCCOc1ccc2c(c1)CCC(c1ccccc1)=C2c1ccc(OC[C@@H](C)N2CCN(C(=O)OC(C)(C)C)CC2)cc1. The second-order valence-electron chi connectivity index (χ2n) is 12.9. The van der Waals surface area contributed by atoms with E-state index in [1.807, 2.05) is 20.8 Å². The first-order chi connectivity index (χ1) is 21.2. The summed E-state index contributed by atoms with van der Waals surface area (Å²) in [5, 5.41) is 0. The molecule has 2 aliphatic rings. The molecule has 5 rings (SSSR count). The molecule has 1 amide bonds. The van der Waals surface area contributed by atoms with E-state index in [0.717, 1.165) is 56.9 Å². The van der Waals surface area contributed by atoms with E-state index in [1.165, 1.54) is 33.4 Å². The Bertz CT molecular complexity index is 1420. The molecule has 6 heteroatoms. The quantitative estimate of drug-likeness (QED) is 0.222. The van der Waals surface area contributed by atoms with Crippen molar-refractivity contribution in [3.63, 3.8) is 0 Å². The molecule has 1 aliphatic carbocycles. The van der Waals surface area contributed by atoms with Crippen LogP contribution in [0, 0.1) is 0 Å². The van der Waals surface area contributed by atoms with Gasteiger partial charge in [-0.3, -0.25) is 4.90 Å². The third-order valence-corrected chi connectivity index (χ3v) is 8.40. The minimum atomic E-state index is -0.475. The fraction of sp³-hybridized carbons (Fsp3) is 0.447. The Hall–Kier alpha value is -3.77. The number of amides is 1. The van der Waals surface area contributed by atoms with Gasteiger partial charge in [0.05, 0.1) is 6.61 Å². The van der Waals surface area contributed by atoms with Gasteiger partial charge in [0.1, 0.15) is 23.7 Å². The molecule has 1 aliphatic heterocycles. The van der Waals surface area contributed by atoms with Gasteiger partial charge >= 0.3 is 6.09 Å². The van der Waals surface area contributed by atoms with E-state index in [4.69, 9.17) is 14.2 Å². The van der Waals surface area contributed by atoms with Gasteiger partial charge in [0.15, 0.2) is 0 Å². The number of carbonyl (C=O) groups is 1. The van der Waals surface area contributed by atoms with Crippen molar-refractivity contribution in [2.75, 3.05) is 39.4 Å². The molecule has 6 nitrogen and oxygen atoms in total. The zero-order chi connectivity index (χ0) is 31.1. The van der Waals surface area contributed by atoms with Crippen molar-refractivity contribution in [1.29, 1.82) is 0 Å². The van der Waals surface area contributed by atoms with E-state index in [2.05, 4.69) is 91.5 Å². The molecule has 44 heavy (non-hydrogen) atoms. The minimum Gasteiger partial charge on any atom is -0.494 e. The van der Waals surface area contributed by atoms with Gasteiger partial charge in [-0.1, -0.05) is 61.9 Å². The maximum Gasteiger partial charge on any atom is 0.410 e. The molecular formula is C38H48N2O4. The number of nitrogens with zero attached hydrogens (tertiary/aromatic N) is 2. The molecule has 234 valence electrons. The summed E-state index contributed by atoms with van der Waals surface area (Å²) in [6, 6.07) is 26.2. The van der Waals surface area contributed by atoms with E-state index in [0.29, 0.717) is 19.7 Å². The van der Waals surface area contributed by atoms with E-state index in [9.17, 15) is 4.79 Å². The maximum atomic E-state index is 12.4. The van der Waals surface area contributed by atoms with Crippen LogP contribution < -0.4 is 9.47 Å². The van der Waals surface area contributed by atoms with Gasteiger partial charge < -0.3 is 19.1 Å². The number of unbranched alkanes of at least 4 members (excludes halogenated alkanes) is 1. The number of carbonyl (C=O) groups excluding carboxylic acids is 1. The lowest BCUT2D eigenvalue weighted by molar-refractivity contribution is 0.00882. The van der Waals surface area contributed by atoms with Crippen molar-refractivity contribution in [3.05, 3.63) is 95.1 Å². The van der Waals surface area contributed by atoms with E-state index in [1.54, 1.807) is 4.90 Å². The highest BCUT2D eigenvalue weighted by molar-refractivity contribution is 6.00. The summed E-state index contributed by atoms with van der Waals surface area (Å²) in [4.78, 5) is 16.6. The van der Waals surface area contributed by atoms with Crippen molar-refractivity contribution in [2.45, 2.75) is 71.9 Å². The number of allylic oxidation sites excluding steroid dienone is 1. The smallest absolute Gasteiger partial charge is 0.410 e. The maximum absolute atomic E-state index is 12.4. The van der Waals surface area contributed by atoms with Crippen LogP contribution in [0.3, 0.4) is 0 Å². The number of piperazine rings is 1. The molecule has 1 atom stereocenters. The molecule has 0 unspecified atom stereocenters. The second kappa shape index (κ2) is 14.3. The summed E-state index contributed by atoms with van der Waals surface area (Å²) in [7, 11) is 0. The van der Waals surface area contributed by atoms with Gasteiger partial charge in [-0.2, -0.15) is 0 Å². The first-order valence-corrected chi connectivity index (χ1v) is 16.2. The van der Waals surface area contributed by atoms with Crippen LogP contribution in [0.2, 0.25) is 0 Å². The standard InChI is InChI=1S/C38H48N2O4/c1-6-7-25-42-33-18-20-35-31(26-33)15-19-34(29-11-9-8-10-12-29)36(35)30-13-16-32(17-14-30)43-27-28(2)39-21-23-40(24-22-39)37(41)44-38(3,4)5/h8-14,16-18,20,26,28H,6-7,15,19,21-25,27H2,1-5H3/t28-/m1/s1. The lowest BCUT2D eigenvalue weighted by Crippen LogP contribution is -2.53. The van der Waals surface area contributed by atoms with Gasteiger partial charge in [0.2, 0.25) is 0 Å². The number of hydrogen-bond donors (Lipinski definition) is 0. The average Bonchev–Trinajstić information content (AvgIpc) is 3.03. The van der Waals surface area contributed by atoms with E-state index < -0.39 is 5.60 Å². The van der Waals surface area contributed by atoms with Crippen LogP contribution in [0.25, 0.3) is 11.1 Å². The first kappa shape index (κ1) is 31.6. The van der Waals surface area contributed by atoms with E-state index in [-0.39, 0.29) is 12.1 Å². The summed E-state index contributed by atoms with van der Waals surface area (Å²) >= 11 is 0. The second-order valence-corrected chi connectivity index (χ2v) is 12.9. The fourth-order valence-corrected chi connectivity index (χ4v) is 5.96. The van der Waals surface area contributed by atoms with E-state index >= 15 is 0 Å². The lowest BCUT2D eigenvalue weighted by Gasteiger charge is -2.38. The van der Waals surface area contributed by atoms with Gasteiger partial charge in [-0.25, -0.2) is 4.79 Å². The van der Waals surface area contributed by atoms with Crippen LogP contribution in [0.4, 0.5) is 4.79 Å². The third kappa shape index (κ3) is 8.03. The molecule has 0 radical (unpaired) electrons. The van der Waals surface area contributed by atoms with Crippen molar-refractivity contribution >= 4 is 17.2 Å². The van der Waals surface area contributed by atoms with Gasteiger partial charge in [0.25, 0.3) is 0 Å². The summed E-state index contributed by atoms with van der Waals surface area (Å²) in [6.45, 7) is 14.4. The highest BCUT2D eigenvalue weighted by Crippen LogP contribution is 2.42. The van der Waals surface area contributed by atoms with Crippen LogP contribution in [0.1, 0.15) is 76.1 Å². The Labute approximate surface area is 263 Å². The number of ether oxygens (including phenoxy) is 3. The van der Waals surface area contributed by atoms with Gasteiger partial charge in [-0.15, -0.1) is 0 Å². The topological polar surface area (TPSA) is 51.2 Å².